The van der Waals surface area contributed by atoms with Crippen molar-refractivity contribution in [3.8, 4) is 5.69 Å². The van der Waals surface area contributed by atoms with Gasteiger partial charge in [0.2, 0.25) is 0 Å². The zero-order chi connectivity index (χ0) is 26.6. The number of anilines is 1. The summed E-state index contributed by atoms with van der Waals surface area (Å²) in [7, 11) is 0. The number of benzene rings is 2. The molecule has 0 bridgehead atoms. The van der Waals surface area contributed by atoms with Gasteiger partial charge in [-0.15, -0.1) is 0 Å². The maximum atomic E-state index is 15.0. The molecule has 12 heteroatoms. The van der Waals surface area contributed by atoms with E-state index in [0.717, 1.165) is 17.3 Å². The number of imide groups is 1. The predicted octanol–water partition coefficient (Wildman–Crippen LogP) is 3.53. The summed E-state index contributed by atoms with van der Waals surface area (Å²) >= 11 is 0.746. The predicted molar refractivity (Wildman–Crippen MR) is 142 cm³/mol. The second-order valence-electron chi connectivity index (χ2n) is 8.62. The Morgan fingerprint density at radius 1 is 1.08 bits per heavy atom. The van der Waals surface area contributed by atoms with Gasteiger partial charge < -0.3 is 5.73 Å². The largest absolute Gasteiger partial charge is 0.383 e. The van der Waals surface area contributed by atoms with Crippen molar-refractivity contribution in [2.75, 3.05) is 5.73 Å². The van der Waals surface area contributed by atoms with Crippen molar-refractivity contribution in [2.24, 2.45) is 0 Å². The summed E-state index contributed by atoms with van der Waals surface area (Å²) in [6, 6.07) is 13.4. The van der Waals surface area contributed by atoms with Gasteiger partial charge in [0.15, 0.2) is 5.65 Å². The summed E-state index contributed by atoms with van der Waals surface area (Å²) in [4.78, 5) is 46.1. The number of carbonyl (C=O) groups is 2. The molecule has 10 nitrogen and oxygen atoms in total. The lowest BCUT2D eigenvalue weighted by molar-refractivity contribution is -0.115. The molecule has 3 N–H and O–H groups in total. The van der Waals surface area contributed by atoms with Crippen molar-refractivity contribution in [1.29, 1.82) is 0 Å². The van der Waals surface area contributed by atoms with Crippen LogP contribution in [0.3, 0.4) is 0 Å². The van der Waals surface area contributed by atoms with Gasteiger partial charge in [0, 0.05) is 5.69 Å². The van der Waals surface area contributed by atoms with E-state index in [9.17, 15) is 18.8 Å². The van der Waals surface area contributed by atoms with E-state index in [1.807, 2.05) is 31.2 Å². The molecule has 0 saturated carbocycles. The Labute approximate surface area is 218 Å². The van der Waals surface area contributed by atoms with Gasteiger partial charge in [-0.1, -0.05) is 30.3 Å². The lowest BCUT2D eigenvalue weighted by atomic mass is 10.1. The Balaban J connectivity index is 1.59. The highest BCUT2D eigenvalue weighted by atomic mass is 32.2. The molecule has 1 fully saturated rings. The second kappa shape index (κ2) is 8.92. The number of hydrogen-bond donors (Lipinski definition) is 2. The molecule has 38 heavy (non-hydrogen) atoms. The molecule has 0 spiro atoms. The van der Waals surface area contributed by atoms with Gasteiger partial charge in [-0.25, -0.2) is 19.0 Å². The van der Waals surface area contributed by atoms with Crippen LogP contribution < -0.4 is 16.6 Å². The number of halogens is 1. The first kappa shape index (κ1) is 23.6. The fourth-order valence-electron chi connectivity index (χ4n) is 4.57. The summed E-state index contributed by atoms with van der Waals surface area (Å²) < 4.78 is 17.8. The number of hydrogen-bond acceptors (Lipinski definition) is 8. The lowest BCUT2D eigenvalue weighted by Gasteiger charge is -2.16. The fourth-order valence-corrected chi connectivity index (χ4v) is 5.23. The quantitative estimate of drug-likeness (QED) is 0.339. The van der Waals surface area contributed by atoms with Crippen LogP contribution in [-0.2, 0) is 11.3 Å². The molecule has 2 amide bonds. The summed E-state index contributed by atoms with van der Waals surface area (Å²) in [6.07, 6.45) is 2.72. The molecule has 5 aromatic rings. The van der Waals surface area contributed by atoms with E-state index in [4.69, 9.17) is 5.73 Å². The summed E-state index contributed by atoms with van der Waals surface area (Å²) in [5.74, 6) is -0.972. The minimum atomic E-state index is -0.556. The highest BCUT2D eigenvalue weighted by Crippen LogP contribution is 2.30. The molecular formula is C26H18FN7O3S. The zero-order valence-electron chi connectivity index (χ0n) is 19.8. The van der Waals surface area contributed by atoms with Crippen molar-refractivity contribution in [1.82, 2.24) is 29.6 Å². The van der Waals surface area contributed by atoms with Crippen LogP contribution in [0.15, 0.2) is 64.6 Å². The number of carbonyl (C=O) groups excluding carboxylic acids is 2. The average molecular weight is 528 g/mol. The fraction of sp³-hybridized carbons (Fsp3) is 0.0769. The van der Waals surface area contributed by atoms with E-state index in [-0.39, 0.29) is 34.2 Å². The van der Waals surface area contributed by atoms with Crippen LogP contribution in [0.5, 0.6) is 0 Å². The van der Waals surface area contributed by atoms with Crippen molar-refractivity contribution in [3.05, 3.63) is 92.9 Å². The number of pyridine rings is 1. The highest BCUT2D eigenvalue weighted by molar-refractivity contribution is 8.18. The molecule has 0 aliphatic carbocycles. The topological polar surface area (TPSA) is 138 Å². The van der Waals surface area contributed by atoms with Crippen LogP contribution in [0.2, 0.25) is 0 Å². The molecule has 0 atom stereocenters. The second-order valence-corrected chi connectivity index (χ2v) is 9.63. The molecule has 188 valence electrons. The number of nitrogen functional groups attached to an aromatic ring is 1. The summed E-state index contributed by atoms with van der Waals surface area (Å²) in [6.45, 7) is 1.85. The third kappa shape index (κ3) is 3.82. The van der Waals surface area contributed by atoms with Crippen LogP contribution in [0, 0.1) is 12.7 Å². The van der Waals surface area contributed by atoms with Gasteiger partial charge in [0.1, 0.15) is 18.0 Å². The zero-order valence-corrected chi connectivity index (χ0v) is 20.6. The Morgan fingerprint density at radius 3 is 2.66 bits per heavy atom. The summed E-state index contributed by atoms with van der Waals surface area (Å²) in [5.41, 5.74) is 7.71. The standard InChI is InChI=1S/C26H18FN7O3S/c1-13-5-4-6-14-9-15(34(25(36)20(13)14)18-8-3-2-7-16(18)27)11-33-23-21(22(28)29-12-30-23)17(32-33)10-19-24(35)31-26(37)38-19/h2-10,12H,11H2,1H3,(H2,28,29,30)(H,31,35,37)/b19-10+. The number of aryl methyl sites for hydroxylation is 1. The van der Waals surface area contributed by atoms with E-state index in [1.165, 1.54) is 33.8 Å². The number of nitrogens with zero attached hydrogens (tertiary/aromatic N) is 5. The maximum absolute atomic E-state index is 15.0. The number of nitrogens with one attached hydrogen (secondary N) is 1. The monoisotopic (exact) mass is 527 g/mol. The van der Waals surface area contributed by atoms with Crippen LogP contribution in [0.4, 0.5) is 15.0 Å². The molecule has 1 saturated heterocycles. The van der Waals surface area contributed by atoms with Gasteiger partial charge in [-0.05, 0) is 53.9 Å². The van der Waals surface area contributed by atoms with Crippen LogP contribution in [-0.4, -0.2) is 35.5 Å². The van der Waals surface area contributed by atoms with E-state index in [0.29, 0.717) is 27.5 Å². The number of nitrogens with two attached hydrogens (primary N) is 1. The number of fused-ring (bicyclic) bond motifs is 2. The molecule has 4 heterocycles. The number of amides is 2. The van der Waals surface area contributed by atoms with Gasteiger partial charge >= 0.3 is 0 Å². The van der Waals surface area contributed by atoms with E-state index >= 15 is 0 Å². The van der Waals surface area contributed by atoms with Crippen LogP contribution in [0.25, 0.3) is 33.6 Å². The van der Waals surface area contributed by atoms with Crippen molar-refractivity contribution < 1.29 is 14.0 Å². The molecule has 2 aromatic carbocycles. The molecular weight excluding hydrogens is 509 g/mol. The van der Waals surface area contributed by atoms with Crippen molar-refractivity contribution in [2.45, 2.75) is 13.5 Å². The first-order valence-electron chi connectivity index (χ1n) is 11.4. The normalized spacial score (nSPS) is 14.6. The van der Waals surface area contributed by atoms with E-state index in [2.05, 4.69) is 20.4 Å². The van der Waals surface area contributed by atoms with Crippen molar-refractivity contribution >= 4 is 56.6 Å². The minimum absolute atomic E-state index is 0.0157. The van der Waals surface area contributed by atoms with Gasteiger partial charge in [0.05, 0.1) is 33.6 Å². The number of rotatable bonds is 4. The molecule has 0 unspecified atom stereocenters. The smallest absolute Gasteiger partial charge is 0.290 e. The Morgan fingerprint density at radius 2 is 1.89 bits per heavy atom. The first-order chi connectivity index (χ1) is 18.3. The SMILES string of the molecule is Cc1cccc2cc(Cn3nc(/C=C4/SC(=O)NC4=O)c4c(N)ncnc43)n(-c3ccccc3F)c(=O)c12. The molecule has 1 aliphatic heterocycles. The first-order valence-corrected chi connectivity index (χ1v) is 12.2. The number of para-hydroxylation sites is 1. The third-order valence-electron chi connectivity index (χ3n) is 6.23. The van der Waals surface area contributed by atoms with Crippen LogP contribution >= 0.6 is 11.8 Å². The molecule has 1 aliphatic rings. The third-order valence-corrected chi connectivity index (χ3v) is 7.04. The highest BCUT2D eigenvalue weighted by Gasteiger charge is 2.27. The lowest BCUT2D eigenvalue weighted by Crippen LogP contribution is -2.25. The Bertz CT molecular complexity index is 1910. The van der Waals surface area contributed by atoms with E-state index in [1.54, 1.807) is 12.1 Å². The molecule has 3 aromatic heterocycles. The number of aromatic nitrogens is 5. The molecule has 6 rings (SSSR count). The van der Waals surface area contributed by atoms with Gasteiger partial charge in [0.25, 0.3) is 16.7 Å². The average Bonchev–Trinajstić information content (AvgIpc) is 3.39. The molecule has 0 radical (unpaired) electrons. The van der Waals surface area contributed by atoms with Gasteiger partial charge in [-0.2, -0.15) is 5.10 Å². The van der Waals surface area contributed by atoms with Crippen LogP contribution in [0.1, 0.15) is 17.0 Å². The minimum Gasteiger partial charge on any atom is -0.383 e. The maximum Gasteiger partial charge on any atom is 0.290 e. The van der Waals surface area contributed by atoms with Gasteiger partial charge in [-0.3, -0.25) is 24.3 Å². The number of thioether (sulfide) groups is 1. The Hall–Kier alpha value is -4.84. The summed E-state index contributed by atoms with van der Waals surface area (Å²) in [5, 5.41) is 7.87. The van der Waals surface area contributed by atoms with E-state index < -0.39 is 17.0 Å². The van der Waals surface area contributed by atoms with Crippen molar-refractivity contribution in [3.63, 3.8) is 0 Å². The Kier molecular flexibility index (Phi) is 5.53.